The monoisotopic (exact) mass is 446 g/mol. The van der Waals surface area contributed by atoms with Crippen LogP contribution in [0.25, 0.3) is 10.9 Å². The van der Waals surface area contributed by atoms with Crippen molar-refractivity contribution in [2.24, 2.45) is 11.7 Å². The fraction of sp³-hybridized carbons (Fsp3) is 0.407. The Morgan fingerprint density at radius 1 is 1.06 bits per heavy atom. The maximum absolute atomic E-state index is 13.3. The van der Waals surface area contributed by atoms with Crippen molar-refractivity contribution in [1.29, 1.82) is 0 Å². The van der Waals surface area contributed by atoms with Gasteiger partial charge >= 0.3 is 0 Å². The van der Waals surface area contributed by atoms with Crippen LogP contribution in [0.2, 0.25) is 0 Å². The van der Waals surface area contributed by atoms with E-state index in [1.165, 1.54) is 5.56 Å². The minimum Gasteiger partial charge on any atom is -0.366 e. The number of carbonyl (C=O) groups is 2. The molecular weight excluding hydrogens is 412 g/mol. The summed E-state index contributed by atoms with van der Waals surface area (Å²) in [6, 6.07) is 18.4. The molecule has 2 heterocycles. The van der Waals surface area contributed by atoms with Crippen molar-refractivity contribution in [2.75, 3.05) is 24.5 Å². The minimum absolute atomic E-state index is 0.0615. The number of rotatable bonds is 8. The zero-order chi connectivity index (χ0) is 23.4. The van der Waals surface area contributed by atoms with Gasteiger partial charge in [-0.15, -0.1) is 0 Å². The van der Waals surface area contributed by atoms with Crippen molar-refractivity contribution in [2.45, 2.75) is 45.6 Å². The van der Waals surface area contributed by atoms with Crippen LogP contribution in [0.15, 0.2) is 54.6 Å². The molecule has 1 fully saturated rings. The number of fused-ring (bicyclic) bond motifs is 1. The summed E-state index contributed by atoms with van der Waals surface area (Å²) in [5.41, 5.74) is 8.17. The molecule has 0 bridgehead atoms. The van der Waals surface area contributed by atoms with Gasteiger partial charge in [-0.05, 0) is 55.0 Å². The van der Waals surface area contributed by atoms with E-state index in [4.69, 9.17) is 5.73 Å². The Kier molecular flexibility index (Phi) is 7.14. The van der Waals surface area contributed by atoms with E-state index in [0.717, 1.165) is 49.1 Å². The van der Waals surface area contributed by atoms with Gasteiger partial charge in [-0.2, -0.15) is 0 Å². The first-order chi connectivity index (χ1) is 15.9. The summed E-state index contributed by atoms with van der Waals surface area (Å²) in [5, 5.41) is 4.20. The predicted octanol–water partition coefficient (Wildman–Crippen LogP) is 4.23. The van der Waals surface area contributed by atoms with E-state index in [1.54, 1.807) is 12.1 Å². The summed E-state index contributed by atoms with van der Waals surface area (Å²) in [5.74, 6) is 1.17. The van der Waals surface area contributed by atoms with Gasteiger partial charge in [0.25, 0.3) is 0 Å². The summed E-state index contributed by atoms with van der Waals surface area (Å²) in [7, 11) is 0. The van der Waals surface area contributed by atoms with Gasteiger partial charge in [0.2, 0.25) is 11.8 Å². The summed E-state index contributed by atoms with van der Waals surface area (Å²) in [6.45, 7) is 6.61. The van der Waals surface area contributed by atoms with Crippen molar-refractivity contribution in [3.05, 3.63) is 65.7 Å². The quantitative estimate of drug-likeness (QED) is 0.543. The van der Waals surface area contributed by atoms with E-state index in [9.17, 15) is 9.59 Å². The SMILES string of the molecule is CC(C)NCCC(=O)n1c(N2CCC(Cc3ccccc3)CC2)cc2cc(C(N)=O)ccc21. The maximum Gasteiger partial charge on any atom is 0.248 e. The number of nitrogens with one attached hydrogen (secondary N) is 1. The molecule has 1 saturated heterocycles. The number of amides is 1. The van der Waals surface area contributed by atoms with Crippen molar-refractivity contribution < 1.29 is 9.59 Å². The topological polar surface area (TPSA) is 80.4 Å². The van der Waals surface area contributed by atoms with Crippen LogP contribution in [0.5, 0.6) is 0 Å². The normalized spacial score (nSPS) is 14.8. The van der Waals surface area contributed by atoms with E-state index in [2.05, 4.69) is 54.4 Å². The molecule has 3 N–H and O–H groups in total. The van der Waals surface area contributed by atoms with Crippen LogP contribution in [-0.4, -0.2) is 42.1 Å². The summed E-state index contributed by atoms with van der Waals surface area (Å²) in [6.07, 6.45) is 3.69. The van der Waals surface area contributed by atoms with Crippen molar-refractivity contribution in [3.63, 3.8) is 0 Å². The number of primary amides is 1. The third-order valence-corrected chi connectivity index (χ3v) is 6.51. The average Bonchev–Trinajstić information content (AvgIpc) is 3.19. The second kappa shape index (κ2) is 10.2. The molecule has 6 nitrogen and oxygen atoms in total. The van der Waals surface area contributed by atoms with E-state index in [-0.39, 0.29) is 5.91 Å². The highest BCUT2D eigenvalue weighted by molar-refractivity contribution is 6.02. The van der Waals surface area contributed by atoms with Crippen LogP contribution in [0, 0.1) is 5.92 Å². The van der Waals surface area contributed by atoms with E-state index >= 15 is 0 Å². The van der Waals surface area contributed by atoms with Gasteiger partial charge in [-0.1, -0.05) is 44.2 Å². The molecule has 1 aromatic heterocycles. The molecule has 1 aliphatic rings. The van der Waals surface area contributed by atoms with Crippen molar-refractivity contribution in [1.82, 2.24) is 9.88 Å². The Morgan fingerprint density at radius 2 is 1.79 bits per heavy atom. The Hall–Kier alpha value is -3.12. The molecule has 2 aromatic carbocycles. The highest BCUT2D eigenvalue weighted by Gasteiger charge is 2.25. The van der Waals surface area contributed by atoms with E-state index < -0.39 is 5.91 Å². The summed E-state index contributed by atoms with van der Waals surface area (Å²) >= 11 is 0. The molecule has 3 aromatic rings. The Bertz CT molecular complexity index is 1110. The number of benzene rings is 2. The largest absolute Gasteiger partial charge is 0.366 e. The number of nitrogens with zero attached hydrogens (tertiary/aromatic N) is 2. The number of aromatic nitrogens is 1. The molecule has 0 saturated carbocycles. The van der Waals surface area contributed by atoms with Gasteiger partial charge in [-0.3, -0.25) is 14.2 Å². The number of piperidine rings is 1. The lowest BCUT2D eigenvalue weighted by molar-refractivity contribution is 0.0908. The molecule has 1 amide bonds. The second-order valence-corrected chi connectivity index (χ2v) is 9.35. The zero-order valence-corrected chi connectivity index (χ0v) is 19.6. The molecule has 1 aliphatic heterocycles. The van der Waals surface area contributed by atoms with Crippen LogP contribution in [0.4, 0.5) is 5.82 Å². The van der Waals surface area contributed by atoms with Gasteiger partial charge in [0, 0.05) is 43.0 Å². The molecular formula is C27H34N4O2. The van der Waals surface area contributed by atoms with Crippen molar-refractivity contribution in [3.8, 4) is 0 Å². The zero-order valence-electron chi connectivity index (χ0n) is 19.6. The van der Waals surface area contributed by atoms with Gasteiger partial charge in [0.05, 0.1) is 5.52 Å². The molecule has 0 unspecified atom stereocenters. The van der Waals surface area contributed by atoms with Gasteiger partial charge in [0.15, 0.2) is 0 Å². The lowest BCUT2D eigenvalue weighted by Crippen LogP contribution is -2.36. The fourth-order valence-electron chi connectivity index (χ4n) is 4.74. The van der Waals surface area contributed by atoms with Crippen LogP contribution < -0.4 is 16.0 Å². The molecule has 174 valence electrons. The lowest BCUT2D eigenvalue weighted by Gasteiger charge is -2.34. The Morgan fingerprint density at radius 3 is 2.45 bits per heavy atom. The van der Waals surface area contributed by atoms with Crippen LogP contribution >= 0.6 is 0 Å². The number of nitrogens with two attached hydrogens (primary N) is 1. The van der Waals surface area contributed by atoms with Crippen LogP contribution in [0.1, 0.15) is 53.8 Å². The lowest BCUT2D eigenvalue weighted by atomic mass is 9.90. The minimum atomic E-state index is -0.458. The Labute approximate surface area is 195 Å². The summed E-state index contributed by atoms with van der Waals surface area (Å²) in [4.78, 5) is 27.3. The number of hydrogen-bond acceptors (Lipinski definition) is 4. The third-order valence-electron chi connectivity index (χ3n) is 6.51. The maximum atomic E-state index is 13.3. The third kappa shape index (κ3) is 5.45. The van der Waals surface area contributed by atoms with Crippen LogP contribution in [0.3, 0.4) is 0 Å². The molecule has 4 rings (SSSR count). The first kappa shape index (κ1) is 23.1. The smallest absolute Gasteiger partial charge is 0.248 e. The molecule has 0 atom stereocenters. The number of carbonyl (C=O) groups excluding carboxylic acids is 2. The van der Waals surface area contributed by atoms with E-state index in [0.29, 0.717) is 30.5 Å². The Balaban J connectivity index is 1.56. The van der Waals surface area contributed by atoms with Gasteiger partial charge in [-0.25, -0.2) is 0 Å². The second-order valence-electron chi connectivity index (χ2n) is 9.35. The first-order valence-corrected chi connectivity index (χ1v) is 11.9. The molecule has 6 heteroatoms. The molecule has 0 spiro atoms. The number of anilines is 1. The molecule has 0 aliphatic carbocycles. The first-order valence-electron chi connectivity index (χ1n) is 11.9. The fourth-order valence-corrected chi connectivity index (χ4v) is 4.74. The number of hydrogen-bond donors (Lipinski definition) is 2. The van der Waals surface area contributed by atoms with Crippen LogP contribution in [-0.2, 0) is 6.42 Å². The average molecular weight is 447 g/mol. The van der Waals surface area contributed by atoms with Gasteiger partial charge < -0.3 is 16.0 Å². The molecule has 0 radical (unpaired) electrons. The molecule has 33 heavy (non-hydrogen) atoms. The standard InChI is InChI=1S/C27H34N4O2/c1-19(2)29-13-10-26(32)31-24-9-8-22(27(28)33)17-23(24)18-25(31)30-14-11-21(12-15-30)16-20-6-4-3-5-7-20/h3-9,17-19,21,29H,10-16H2,1-2H3,(H2,28,33). The highest BCUT2D eigenvalue weighted by atomic mass is 16.2. The van der Waals surface area contributed by atoms with Gasteiger partial charge in [0.1, 0.15) is 5.82 Å². The highest BCUT2D eigenvalue weighted by Crippen LogP contribution is 2.32. The summed E-state index contributed by atoms with van der Waals surface area (Å²) < 4.78 is 1.83. The van der Waals surface area contributed by atoms with Crippen molar-refractivity contribution >= 4 is 28.5 Å². The van der Waals surface area contributed by atoms with E-state index in [1.807, 2.05) is 16.7 Å². The predicted molar refractivity (Wildman–Crippen MR) is 134 cm³/mol.